The summed E-state index contributed by atoms with van der Waals surface area (Å²) < 4.78 is 14.4. The van der Waals surface area contributed by atoms with Crippen molar-refractivity contribution in [1.29, 1.82) is 0 Å². The number of benzene rings is 2. The summed E-state index contributed by atoms with van der Waals surface area (Å²) in [5, 5.41) is 11.3. The topological polar surface area (TPSA) is 58.1 Å². The molecule has 0 radical (unpaired) electrons. The minimum Gasteiger partial charge on any atom is -0.328 e. The number of thioether (sulfide) groups is 1. The molecule has 4 rings (SSSR count). The van der Waals surface area contributed by atoms with E-state index in [-0.39, 0.29) is 17.0 Å². The van der Waals surface area contributed by atoms with Crippen molar-refractivity contribution in [1.82, 2.24) is 10.2 Å². The molecular formula is C19H17FN4OS2. The number of hydrogen-bond acceptors (Lipinski definition) is 6. The third-order valence-corrected chi connectivity index (χ3v) is 6.31. The van der Waals surface area contributed by atoms with Gasteiger partial charge in [0.1, 0.15) is 5.82 Å². The molecule has 138 valence electrons. The van der Waals surface area contributed by atoms with Gasteiger partial charge in [-0.2, -0.15) is 0 Å². The van der Waals surface area contributed by atoms with Crippen LogP contribution in [0.5, 0.6) is 0 Å². The summed E-state index contributed by atoms with van der Waals surface area (Å²) in [5.41, 5.74) is 2.55. The van der Waals surface area contributed by atoms with Gasteiger partial charge in [-0.3, -0.25) is 4.79 Å². The minimum absolute atomic E-state index is 0.0590. The molecule has 3 aromatic rings. The number of hydrogen-bond donors (Lipinski definition) is 1. The van der Waals surface area contributed by atoms with E-state index in [1.54, 1.807) is 18.2 Å². The molecule has 2 aromatic carbocycles. The van der Waals surface area contributed by atoms with Crippen molar-refractivity contribution >= 4 is 45.5 Å². The Labute approximate surface area is 164 Å². The first-order valence-corrected chi connectivity index (χ1v) is 10.2. The molecule has 1 atom stereocenters. The highest BCUT2D eigenvalue weighted by Gasteiger charge is 2.28. The van der Waals surface area contributed by atoms with Gasteiger partial charge < -0.3 is 10.2 Å². The zero-order chi connectivity index (χ0) is 18.8. The maximum absolute atomic E-state index is 13.7. The number of fused-ring (bicyclic) bond motifs is 1. The lowest BCUT2D eigenvalue weighted by molar-refractivity contribution is -0.117. The Hall–Kier alpha value is -2.45. The first kappa shape index (κ1) is 17.9. The molecule has 0 saturated heterocycles. The third kappa shape index (κ3) is 3.81. The monoisotopic (exact) mass is 400 g/mol. The first-order valence-electron chi connectivity index (χ1n) is 8.53. The molecule has 1 aliphatic heterocycles. The quantitative estimate of drug-likeness (QED) is 0.640. The van der Waals surface area contributed by atoms with Gasteiger partial charge in [-0.1, -0.05) is 53.4 Å². The van der Waals surface area contributed by atoms with Gasteiger partial charge in [0.05, 0.1) is 10.9 Å². The minimum atomic E-state index is -0.349. The normalized spacial score (nSPS) is 14.1. The molecule has 2 heterocycles. The van der Waals surface area contributed by atoms with Crippen molar-refractivity contribution in [3.63, 3.8) is 0 Å². The van der Waals surface area contributed by atoms with E-state index >= 15 is 0 Å². The summed E-state index contributed by atoms with van der Waals surface area (Å²) in [6.07, 6.45) is 0.884. The number of nitrogens with zero attached hydrogens (tertiary/aromatic N) is 3. The molecule has 0 bridgehead atoms. The summed E-state index contributed by atoms with van der Waals surface area (Å²) in [7, 11) is 0. The molecule has 1 amide bonds. The smallest absolute Gasteiger partial charge is 0.240 e. The highest BCUT2D eigenvalue weighted by atomic mass is 32.2. The Kier molecular flexibility index (Phi) is 5.09. The predicted molar refractivity (Wildman–Crippen MR) is 107 cm³/mol. The fraction of sp³-hybridized carbons (Fsp3) is 0.211. The number of halogens is 1. The summed E-state index contributed by atoms with van der Waals surface area (Å²) >= 11 is 2.67. The van der Waals surface area contributed by atoms with Crippen LogP contribution in [0.1, 0.15) is 12.5 Å². The highest BCUT2D eigenvalue weighted by Crippen LogP contribution is 2.34. The van der Waals surface area contributed by atoms with Crippen molar-refractivity contribution < 1.29 is 9.18 Å². The van der Waals surface area contributed by atoms with E-state index < -0.39 is 0 Å². The van der Waals surface area contributed by atoms with Crippen molar-refractivity contribution in [2.75, 3.05) is 16.8 Å². The lowest BCUT2D eigenvalue weighted by atomic mass is 10.2. The molecule has 27 heavy (non-hydrogen) atoms. The van der Waals surface area contributed by atoms with E-state index in [1.807, 2.05) is 30.0 Å². The van der Waals surface area contributed by atoms with Gasteiger partial charge in [-0.25, -0.2) is 4.39 Å². The Balaban J connectivity index is 1.42. The van der Waals surface area contributed by atoms with Crippen LogP contribution in [0.15, 0.2) is 52.9 Å². The maximum atomic E-state index is 13.7. The lowest BCUT2D eigenvalue weighted by Gasteiger charge is -2.20. The van der Waals surface area contributed by atoms with Crippen LogP contribution >= 0.6 is 23.1 Å². The number of carbonyl (C=O) groups excluding carboxylic acids is 1. The summed E-state index contributed by atoms with van der Waals surface area (Å²) in [6.45, 7) is 2.58. The van der Waals surface area contributed by atoms with E-state index in [0.29, 0.717) is 21.7 Å². The van der Waals surface area contributed by atoms with Crippen LogP contribution in [0.3, 0.4) is 0 Å². The van der Waals surface area contributed by atoms with Crippen LogP contribution in [0.4, 0.5) is 20.9 Å². The maximum Gasteiger partial charge on any atom is 0.240 e. The van der Waals surface area contributed by atoms with Crippen molar-refractivity contribution in [3.8, 4) is 0 Å². The third-order valence-electron chi connectivity index (χ3n) is 4.30. The van der Waals surface area contributed by atoms with Crippen LogP contribution in [-0.2, 0) is 11.2 Å². The number of aromatic nitrogens is 2. The van der Waals surface area contributed by atoms with Crippen LogP contribution < -0.4 is 10.2 Å². The zero-order valence-corrected chi connectivity index (χ0v) is 16.2. The molecule has 5 nitrogen and oxygen atoms in total. The van der Waals surface area contributed by atoms with Gasteiger partial charge >= 0.3 is 0 Å². The van der Waals surface area contributed by atoms with Gasteiger partial charge in [0.15, 0.2) is 4.34 Å². The molecule has 1 unspecified atom stereocenters. The van der Waals surface area contributed by atoms with Gasteiger partial charge in [0, 0.05) is 12.2 Å². The average Bonchev–Trinajstić information content (AvgIpc) is 3.30. The fourth-order valence-electron chi connectivity index (χ4n) is 2.97. The number of rotatable bonds is 5. The predicted octanol–water partition coefficient (Wildman–Crippen LogP) is 4.49. The lowest BCUT2D eigenvalue weighted by Crippen LogP contribution is -2.35. The molecule has 0 fully saturated rings. The largest absolute Gasteiger partial charge is 0.328 e. The Morgan fingerprint density at radius 2 is 2.00 bits per heavy atom. The Morgan fingerprint density at radius 1 is 1.22 bits per heavy atom. The summed E-state index contributed by atoms with van der Waals surface area (Å²) in [5.74, 6) is -0.290. The second-order valence-electron chi connectivity index (χ2n) is 6.11. The number of carbonyl (C=O) groups is 1. The van der Waals surface area contributed by atoms with Crippen molar-refractivity contribution in [3.05, 3.63) is 59.9 Å². The van der Waals surface area contributed by atoms with Crippen molar-refractivity contribution in [2.45, 2.75) is 22.9 Å². The van der Waals surface area contributed by atoms with Gasteiger partial charge in [-0.15, -0.1) is 10.2 Å². The summed E-state index contributed by atoms with van der Waals surface area (Å²) in [4.78, 5) is 14.7. The number of amides is 1. The molecule has 0 saturated carbocycles. The molecule has 0 spiro atoms. The van der Waals surface area contributed by atoms with Crippen LogP contribution in [0.25, 0.3) is 0 Å². The van der Waals surface area contributed by atoms with Crippen molar-refractivity contribution in [2.24, 2.45) is 0 Å². The Bertz CT molecular complexity index is 978. The zero-order valence-electron chi connectivity index (χ0n) is 14.6. The second kappa shape index (κ2) is 7.66. The average molecular weight is 401 g/mol. The highest BCUT2D eigenvalue weighted by molar-refractivity contribution is 8.02. The van der Waals surface area contributed by atoms with Crippen LogP contribution in [0.2, 0.25) is 0 Å². The summed E-state index contributed by atoms with van der Waals surface area (Å²) in [6, 6.07) is 14.4. The van der Waals surface area contributed by atoms with E-state index in [0.717, 1.165) is 12.1 Å². The van der Waals surface area contributed by atoms with E-state index in [1.165, 1.54) is 34.7 Å². The first-order chi connectivity index (χ1) is 13.1. The number of nitrogens with one attached hydrogen (secondary N) is 1. The fourth-order valence-corrected chi connectivity index (χ4v) is 4.94. The Morgan fingerprint density at radius 3 is 2.85 bits per heavy atom. The van der Waals surface area contributed by atoms with E-state index in [2.05, 4.69) is 21.6 Å². The second-order valence-corrected chi connectivity index (χ2v) is 8.67. The molecular weight excluding hydrogens is 383 g/mol. The molecule has 0 aliphatic carbocycles. The molecule has 1 N–H and O–H groups in total. The number of anilines is 3. The van der Waals surface area contributed by atoms with Gasteiger partial charge in [0.2, 0.25) is 11.0 Å². The molecule has 1 aromatic heterocycles. The standard InChI is InChI=1S/C19H17FN4OS2/c1-12(17(25)24-11-10-13-6-2-5-9-16(13)24)26-19-23-22-18(27-19)21-15-8-4-3-7-14(15)20/h2-9,12H,10-11H2,1H3,(H,21,22). The van der Waals surface area contributed by atoms with Crippen LogP contribution in [-0.4, -0.2) is 27.9 Å². The molecule has 1 aliphatic rings. The van der Waals surface area contributed by atoms with Gasteiger partial charge in [0.25, 0.3) is 0 Å². The SMILES string of the molecule is CC(Sc1nnc(Nc2ccccc2F)s1)C(=O)N1CCc2ccccc21. The van der Waals surface area contributed by atoms with E-state index in [4.69, 9.17) is 0 Å². The van der Waals surface area contributed by atoms with Crippen LogP contribution in [0, 0.1) is 5.82 Å². The van der Waals surface area contributed by atoms with Gasteiger partial charge in [-0.05, 0) is 37.1 Å². The van der Waals surface area contributed by atoms with E-state index in [9.17, 15) is 9.18 Å². The molecule has 8 heteroatoms. The number of para-hydroxylation sites is 2.